The Labute approximate surface area is 158 Å². The summed E-state index contributed by atoms with van der Waals surface area (Å²) in [6.07, 6.45) is 3.89. The van der Waals surface area contributed by atoms with Crippen LogP contribution in [-0.4, -0.2) is 29.2 Å². The molecule has 136 valence electrons. The molecule has 1 saturated heterocycles. The van der Waals surface area contributed by atoms with Crippen LogP contribution in [0.5, 0.6) is 5.75 Å². The predicted octanol–water partition coefficient (Wildman–Crippen LogP) is 4.39. The molecule has 0 atom stereocenters. The van der Waals surface area contributed by atoms with E-state index in [4.69, 9.17) is 12.3 Å². The number of hydrogen-bond donors (Lipinski definition) is 2. The van der Waals surface area contributed by atoms with Gasteiger partial charge in [-0.2, -0.15) is 0 Å². The third-order valence-corrected chi connectivity index (χ3v) is 5.32. The molecule has 3 aromatic rings. The number of nitrogens with zero attached hydrogens (tertiary/aromatic N) is 3. The first-order valence-corrected chi connectivity index (χ1v) is 9.18. The van der Waals surface area contributed by atoms with Gasteiger partial charge in [-0.1, -0.05) is 24.3 Å². The van der Waals surface area contributed by atoms with Crippen LogP contribution in [0.1, 0.15) is 18.4 Å². The van der Waals surface area contributed by atoms with Gasteiger partial charge in [0.05, 0.1) is 17.8 Å². The van der Waals surface area contributed by atoms with Crippen molar-refractivity contribution in [2.45, 2.75) is 25.8 Å². The number of benzene rings is 2. The lowest BCUT2D eigenvalue weighted by Crippen LogP contribution is -2.40. The minimum Gasteiger partial charge on any atom is -0.518 e. The van der Waals surface area contributed by atoms with Gasteiger partial charge in [0.25, 0.3) is 0 Å². The maximum Gasteiger partial charge on any atom is 0.228 e. The van der Waals surface area contributed by atoms with Gasteiger partial charge in [-0.3, -0.25) is 4.98 Å². The molecule has 2 aromatic carbocycles. The third kappa shape index (κ3) is 3.09. The van der Waals surface area contributed by atoms with Gasteiger partial charge >= 0.3 is 0 Å². The quantitative estimate of drug-likeness (QED) is 0.667. The molecule has 1 fully saturated rings. The minimum atomic E-state index is 0.0259. The van der Waals surface area contributed by atoms with Gasteiger partial charge in [-0.25, -0.2) is 4.85 Å². The van der Waals surface area contributed by atoms with Crippen LogP contribution in [0.4, 0.5) is 11.4 Å². The molecule has 27 heavy (non-hydrogen) atoms. The van der Waals surface area contributed by atoms with Crippen molar-refractivity contribution in [2.24, 2.45) is 5.73 Å². The van der Waals surface area contributed by atoms with Crippen molar-refractivity contribution in [3.8, 4) is 16.9 Å². The van der Waals surface area contributed by atoms with Crippen molar-refractivity contribution in [2.75, 3.05) is 18.0 Å². The van der Waals surface area contributed by atoms with Crippen LogP contribution in [0.25, 0.3) is 26.9 Å². The van der Waals surface area contributed by atoms with Crippen molar-refractivity contribution in [3.05, 3.63) is 59.6 Å². The summed E-state index contributed by atoms with van der Waals surface area (Å²) in [5, 5.41) is 11.5. The zero-order valence-electron chi connectivity index (χ0n) is 15.3. The second-order valence-corrected chi connectivity index (χ2v) is 7.13. The van der Waals surface area contributed by atoms with E-state index < -0.39 is 0 Å². The van der Waals surface area contributed by atoms with Crippen LogP contribution in [-0.2, 0) is 0 Å². The van der Waals surface area contributed by atoms with Gasteiger partial charge in [0.15, 0.2) is 0 Å². The highest BCUT2D eigenvalue weighted by Crippen LogP contribution is 2.39. The number of fused-ring (bicyclic) bond motifs is 1. The molecule has 1 aliphatic rings. The molecule has 0 aliphatic carbocycles. The number of aryl methyl sites for hydroxylation is 1. The van der Waals surface area contributed by atoms with Crippen molar-refractivity contribution in [3.63, 3.8) is 0 Å². The Morgan fingerprint density at radius 3 is 2.74 bits per heavy atom. The summed E-state index contributed by atoms with van der Waals surface area (Å²) < 4.78 is 0. The summed E-state index contributed by atoms with van der Waals surface area (Å²) in [6.45, 7) is 11.2. The number of aromatic nitrogens is 1. The molecule has 2 heterocycles. The molecule has 0 saturated carbocycles. The average molecular weight is 358 g/mol. The van der Waals surface area contributed by atoms with Gasteiger partial charge < -0.3 is 15.7 Å². The van der Waals surface area contributed by atoms with Crippen molar-refractivity contribution < 1.29 is 5.11 Å². The number of phenols is 1. The molecule has 0 bridgehead atoms. The lowest BCUT2D eigenvalue weighted by atomic mass is 9.98. The number of anilines is 1. The smallest absolute Gasteiger partial charge is 0.228 e. The van der Waals surface area contributed by atoms with E-state index in [1.165, 1.54) is 5.69 Å². The Bertz CT molecular complexity index is 1050. The first kappa shape index (κ1) is 17.3. The van der Waals surface area contributed by atoms with Gasteiger partial charge in [0.1, 0.15) is 5.75 Å². The fourth-order valence-corrected chi connectivity index (χ4v) is 3.84. The van der Waals surface area contributed by atoms with E-state index in [-0.39, 0.29) is 17.5 Å². The maximum absolute atomic E-state index is 10.5. The highest BCUT2D eigenvalue weighted by molar-refractivity contribution is 5.97. The van der Waals surface area contributed by atoms with Crippen LogP contribution < -0.4 is 10.6 Å². The maximum atomic E-state index is 10.5. The lowest BCUT2D eigenvalue weighted by Gasteiger charge is -2.33. The standard InChI is InChI=1S/C22H22N4O/c1-14-13-25-19-7-6-15(17-4-3-5-20(24-2)22(17)27)12-18(19)21(14)26-10-8-16(23)9-11-26/h3-7,12-13,16,27H,8-11,23H2,1H3. The van der Waals surface area contributed by atoms with Gasteiger partial charge in [-0.05, 0) is 43.0 Å². The Morgan fingerprint density at radius 2 is 2.00 bits per heavy atom. The van der Waals surface area contributed by atoms with Crippen LogP contribution in [0, 0.1) is 13.5 Å². The minimum absolute atomic E-state index is 0.0259. The monoisotopic (exact) mass is 358 g/mol. The number of piperidine rings is 1. The van der Waals surface area contributed by atoms with Gasteiger partial charge in [-0.15, -0.1) is 0 Å². The number of para-hydroxylation sites is 1. The van der Waals surface area contributed by atoms with E-state index in [0.29, 0.717) is 5.56 Å². The zero-order valence-corrected chi connectivity index (χ0v) is 15.3. The number of aromatic hydroxyl groups is 1. The number of phenolic OH excluding ortho intramolecular Hbond substituents is 1. The number of rotatable bonds is 2. The van der Waals surface area contributed by atoms with Gasteiger partial charge in [0, 0.05) is 36.3 Å². The topological polar surface area (TPSA) is 66.7 Å². The highest BCUT2D eigenvalue weighted by atomic mass is 16.3. The van der Waals surface area contributed by atoms with E-state index in [1.807, 2.05) is 24.4 Å². The van der Waals surface area contributed by atoms with Crippen molar-refractivity contribution >= 4 is 22.3 Å². The van der Waals surface area contributed by atoms with E-state index in [9.17, 15) is 5.11 Å². The predicted molar refractivity (Wildman–Crippen MR) is 109 cm³/mol. The van der Waals surface area contributed by atoms with Crippen LogP contribution in [0.2, 0.25) is 0 Å². The Morgan fingerprint density at radius 1 is 1.22 bits per heavy atom. The second-order valence-electron chi connectivity index (χ2n) is 7.13. The molecule has 0 spiro atoms. The number of pyridine rings is 1. The number of nitrogens with two attached hydrogens (primary N) is 1. The fraction of sp³-hybridized carbons (Fsp3) is 0.273. The fourth-order valence-electron chi connectivity index (χ4n) is 3.84. The second kappa shape index (κ2) is 6.90. The zero-order chi connectivity index (χ0) is 19.0. The Kier molecular flexibility index (Phi) is 4.43. The molecule has 1 aromatic heterocycles. The van der Waals surface area contributed by atoms with Crippen LogP contribution in [0.3, 0.4) is 0 Å². The first-order valence-electron chi connectivity index (χ1n) is 9.18. The third-order valence-electron chi connectivity index (χ3n) is 5.32. The molecule has 1 aliphatic heterocycles. The molecule has 0 radical (unpaired) electrons. The molecule has 3 N–H and O–H groups in total. The van der Waals surface area contributed by atoms with E-state index in [2.05, 4.69) is 27.7 Å². The average Bonchev–Trinajstić information content (AvgIpc) is 2.69. The van der Waals surface area contributed by atoms with Gasteiger partial charge in [0.2, 0.25) is 5.69 Å². The van der Waals surface area contributed by atoms with E-state index in [1.54, 1.807) is 12.1 Å². The SMILES string of the molecule is [C-]#[N+]c1cccc(-c2ccc3ncc(C)c(N4CCC(N)CC4)c3c2)c1O. The van der Waals surface area contributed by atoms with E-state index in [0.717, 1.165) is 48.0 Å². The van der Waals surface area contributed by atoms with Crippen LogP contribution >= 0.6 is 0 Å². The summed E-state index contributed by atoms with van der Waals surface area (Å²) in [4.78, 5) is 10.4. The molecular formula is C22H22N4O. The highest BCUT2D eigenvalue weighted by Gasteiger charge is 2.20. The molecule has 4 rings (SSSR count). The van der Waals surface area contributed by atoms with Crippen molar-refractivity contribution in [1.29, 1.82) is 0 Å². The molecule has 5 nitrogen and oxygen atoms in total. The summed E-state index contributed by atoms with van der Waals surface area (Å²) in [5.41, 5.74) is 11.1. The first-order chi connectivity index (χ1) is 13.1. The van der Waals surface area contributed by atoms with Crippen molar-refractivity contribution in [1.82, 2.24) is 4.98 Å². The summed E-state index contributed by atoms with van der Waals surface area (Å²) in [5.74, 6) is 0.0259. The molecule has 0 amide bonds. The normalized spacial score (nSPS) is 15.1. The Balaban J connectivity index is 1.87. The van der Waals surface area contributed by atoms with E-state index >= 15 is 0 Å². The summed E-state index contributed by atoms with van der Waals surface area (Å²) >= 11 is 0. The molecule has 5 heteroatoms. The lowest BCUT2D eigenvalue weighted by molar-refractivity contribution is 0.480. The summed E-state index contributed by atoms with van der Waals surface area (Å²) in [6, 6.07) is 11.5. The molecular weight excluding hydrogens is 336 g/mol. The largest absolute Gasteiger partial charge is 0.518 e. The molecule has 0 unspecified atom stereocenters. The number of hydrogen-bond acceptors (Lipinski definition) is 4. The van der Waals surface area contributed by atoms with Crippen LogP contribution in [0.15, 0.2) is 42.6 Å². The Hall–Kier alpha value is -3.10. The summed E-state index contributed by atoms with van der Waals surface area (Å²) in [7, 11) is 0.